The molecule has 1 unspecified atom stereocenters. The molecule has 2 aliphatic heterocycles. The van der Waals surface area contributed by atoms with Gasteiger partial charge in [-0.05, 0) is 18.9 Å². The maximum atomic E-state index is 14.3. The summed E-state index contributed by atoms with van der Waals surface area (Å²) in [6.45, 7) is 0.303. The van der Waals surface area contributed by atoms with Crippen molar-refractivity contribution in [1.29, 1.82) is 0 Å². The topological polar surface area (TPSA) is 29.5 Å². The highest BCUT2D eigenvalue weighted by atomic mass is 79.9. The number of ether oxygens (including phenoxy) is 1. The molecule has 4 rings (SSSR count). The number of fused-ring (bicyclic) bond motifs is 2. The number of halogens is 2. The van der Waals surface area contributed by atoms with Crippen molar-refractivity contribution in [2.75, 3.05) is 14.1 Å². The molecule has 1 aliphatic carbocycles. The van der Waals surface area contributed by atoms with Crippen molar-refractivity contribution in [3.05, 3.63) is 35.6 Å². The number of nitrogens with zero attached hydrogens (tertiary/aromatic N) is 2. The summed E-state index contributed by atoms with van der Waals surface area (Å²) in [7, 11) is 4.62. The van der Waals surface area contributed by atoms with Gasteiger partial charge < -0.3 is 31.1 Å². The van der Waals surface area contributed by atoms with Crippen molar-refractivity contribution in [3.8, 4) is 0 Å². The van der Waals surface area contributed by atoms with Gasteiger partial charge in [0.1, 0.15) is 11.9 Å². The van der Waals surface area contributed by atoms with Crippen LogP contribution in [0.15, 0.2) is 24.3 Å². The summed E-state index contributed by atoms with van der Waals surface area (Å²) in [6.07, 6.45) is 9.58. The molecule has 2 heterocycles. The van der Waals surface area contributed by atoms with E-state index in [-0.39, 0.29) is 41.0 Å². The summed E-state index contributed by atoms with van der Waals surface area (Å²) >= 11 is 0. The summed E-state index contributed by atoms with van der Waals surface area (Å²) in [6, 6.07) is 8.12. The van der Waals surface area contributed by atoms with Crippen LogP contribution in [0.5, 0.6) is 0 Å². The molecule has 0 spiro atoms. The number of rotatable bonds is 4. The molecule has 3 atom stereocenters. The van der Waals surface area contributed by atoms with Crippen LogP contribution in [0.4, 0.5) is 9.18 Å². The van der Waals surface area contributed by atoms with Crippen LogP contribution < -0.4 is 17.0 Å². The van der Waals surface area contributed by atoms with Crippen LogP contribution in [-0.4, -0.2) is 53.8 Å². The van der Waals surface area contributed by atoms with Gasteiger partial charge in [-0.25, -0.2) is 9.18 Å². The molecule has 2 saturated heterocycles. The second-order valence-electron chi connectivity index (χ2n) is 9.50. The molecule has 0 N–H and O–H groups in total. The second-order valence-corrected chi connectivity index (χ2v) is 9.50. The minimum atomic E-state index is -0.245. The second kappa shape index (κ2) is 9.34. The molecule has 1 saturated carbocycles. The minimum absolute atomic E-state index is 0. The number of benzene rings is 1. The lowest BCUT2D eigenvalue weighted by molar-refractivity contribution is -0.931. The van der Waals surface area contributed by atoms with Gasteiger partial charge in [-0.3, -0.25) is 0 Å². The van der Waals surface area contributed by atoms with E-state index in [4.69, 9.17) is 4.74 Å². The smallest absolute Gasteiger partial charge is 0.410 e. The van der Waals surface area contributed by atoms with E-state index in [0.29, 0.717) is 24.2 Å². The molecule has 3 fully saturated rings. The third kappa shape index (κ3) is 4.79. The molecule has 162 valence electrons. The van der Waals surface area contributed by atoms with E-state index >= 15 is 0 Å². The van der Waals surface area contributed by atoms with Gasteiger partial charge in [0.05, 0.1) is 32.7 Å². The first-order valence-electron chi connectivity index (χ1n) is 11.0. The fraction of sp³-hybridized carbons (Fsp3) is 0.696. The van der Waals surface area contributed by atoms with Crippen molar-refractivity contribution in [1.82, 2.24) is 4.90 Å². The lowest BCUT2D eigenvalue weighted by Gasteiger charge is -2.44. The molecular formula is C23H34BrFN2O2. The highest BCUT2D eigenvalue weighted by Crippen LogP contribution is 2.40. The first-order valence-corrected chi connectivity index (χ1v) is 11.0. The minimum Gasteiger partial charge on any atom is -1.00 e. The highest BCUT2D eigenvalue weighted by molar-refractivity contribution is 5.68. The Bertz CT molecular complexity index is 692. The summed E-state index contributed by atoms with van der Waals surface area (Å²) in [5, 5.41) is 0. The van der Waals surface area contributed by atoms with Crippen molar-refractivity contribution < 1.29 is 35.4 Å². The quantitative estimate of drug-likeness (QED) is 0.631. The standard InChI is InChI=1S/C23H34FN2O2.BrH/c1-26(2)19-12-13-20(26)15-21(14-19)28-23(27)25(18-9-4-3-5-10-18)16-17-8-6-7-11-22(17)24;/h6-8,11,18-21H,3-5,9-10,12-16H2,1-2H3;1H/q+1;/p-1/t19-,20+,21?;. The SMILES string of the molecule is C[N+]1(C)[C@@H]2CC[C@H]1CC(OC(=O)N(Cc1ccccc1F)C1CCCCC1)C2.[Br-]. The molecule has 2 bridgehead atoms. The Balaban J connectivity index is 0.00000240. The first-order chi connectivity index (χ1) is 13.4. The number of hydrogen-bond donors (Lipinski definition) is 0. The number of quaternary nitrogens is 1. The van der Waals surface area contributed by atoms with E-state index in [1.54, 1.807) is 12.1 Å². The van der Waals surface area contributed by atoms with Gasteiger partial charge in [0.2, 0.25) is 0 Å². The maximum absolute atomic E-state index is 14.3. The molecule has 0 radical (unpaired) electrons. The third-order valence-corrected chi connectivity index (χ3v) is 7.60. The van der Waals surface area contributed by atoms with Gasteiger partial charge >= 0.3 is 6.09 Å². The normalized spacial score (nSPS) is 28.4. The van der Waals surface area contributed by atoms with Gasteiger partial charge in [0, 0.05) is 37.3 Å². The summed E-state index contributed by atoms with van der Waals surface area (Å²) < 4.78 is 21.4. The lowest BCUT2D eigenvalue weighted by Crippen LogP contribution is -3.00. The number of carbonyl (C=O) groups is 1. The maximum Gasteiger partial charge on any atom is 0.410 e. The molecule has 6 heteroatoms. The Kier molecular flexibility index (Phi) is 7.26. The van der Waals surface area contributed by atoms with Crippen molar-refractivity contribution in [2.45, 2.75) is 88.6 Å². The molecule has 1 amide bonds. The summed E-state index contributed by atoms with van der Waals surface area (Å²) in [5.74, 6) is -0.245. The van der Waals surface area contributed by atoms with E-state index in [2.05, 4.69) is 14.1 Å². The fourth-order valence-corrected chi connectivity index (χ4v) is 5.68. The number of carbonyl (C=O) groups excluding carboxylic acids is 1. The van der Waals surface area contributed by atoms with Gasteiger partial charge in [-0.2, -0.15) is 0 Å². The molecule has 4 nitrogen and oxygen atoms in total. The van der Waals surface area contributed by atoms with Crippen molar-refractivity contribution >= 4 is 6.09 Å². The molecule has 0 aromatic heterocycles. The Morgan fingerprint density at radius 1 is 1.07 bits per heavy atom. The van der Waals surface area contributed by atoms with Crippen LogP contribution in [0.3, 0.4) is 0 Å². The predicted octanol–water partition coefficient (Wildman–Crippen LogP) is 1.87. The van der Waals surface area contributed by atoms with E-state index in [0.717, 1.165) is 43.0 Å². The average molecular weight is 469 g/mol. The van der Waals surface area contributed by atoms with Gasteiger partial charge in [-0.1, -0.05) is 37.5 Å². The summed E-state index contributed by atoms with van der Waals surface area (Å²) in [4.78, 5) is 15.0. The zero-order valence-corrected chi connectivity index (χ0v) is 19.2. The van der Waals surface area contributed by atoms with Crippen molar-refractivity contribution in [3.63, 3.8) is 0 Å². The Morgan fingerprint density at radius 2 is 1.69 bits per heavy atom. The lowest BCUT2D eigenvalue weighted by atomic mass is 9.94. The zero-order valence-electron chi connectivity index (χ0n) is 17.7. The van der Waals surface area contributed by atoms with E-state index in [9.17, 15) is 9.18 Å². The zero-order chi connectivity index (χ0) is 19.7. The Morgan fingerprint density at radius 3 is 2.31 bits per heavy atom. The van der Waals surface area contributed by atoms with Crippen molar-refractivity contribution in [2.24, 2.45) is 0 Å². The molecule has 1 aromatic carbocycles. The molecule has 3 aliphatic rings. The van der Waals surface area contributed by atoms with Gasteiger partial charge in [0.15, 0.2) is 0 Å². The molecular weight excluding hydrogens is 435 g/mol. The average Bonchev–Trinajstić information content (AvgIpc) is 2.85. The van der Waals surface area contributed by atoms with Crippen LogP contribution >= 0.6 is 0 Å². The van der Waals surface area contributed by atoms with Gasteiger partial charge in [-0.15, -0.1) is 0 Å². The molecule has 1 aromatic rings. The number of hydrogen-bond acceptors (Lipinski definition) is 2. The monoisotopic (exact) mass is 468 g/mol. The molecule has 29 heavy (non-hydrogen) atoms. The first kappa shape index (κ1) is 22.5. The van der Waals surface area contributed by atoms with E-state index in [1.165, 1.54) is 25.3 Å². The van der Waals surface area contributed by atoms with Crippen LogP contribution in [0.1, 0.15) is 63.4 Å². The number of amides is 1. The van der Waals surface area contributed by atoms with Gasteiger partial charge in [0.25, 0.3) is 0 Å². The van der Waals surface area contributed by atoms with Crippen LogP contribution in [-0.2, 0) is 11.3 Å². The highest BCUT2D eigenvalue weighted by Gasteiger charge is 2.50. The van der Waals surface area contributed by atoms with Crippen LogP contribution in [0.2, 0.25) is 0 Å². The fourth-order valence-electron chi connectivity index (χ4n) is 5.68. The number of piperidine rings is 1. The Labute approximate surface area is 184 Å². The Hall–Kier alpha value is -1.14. The van der Waals surface area contributed by atoms with Crippen LogP contribution in [0.25, 0.3) is 0 Å². The largest absolute Gasteiger partial charge is 1.00 e. The van der Waals surface area contributed by atoms with Crippen LogP contribution in [0, 0.1) is 5.82 Å². The summed E-state index contributed by atoms with van der Waals surface area (Å²) in [5.41, 5.74) is 0.575. The predicted molar refractivity (Wildman–Crippen MR) is 107 cm³/mol. The third-order valence-electron chi connectivity index (χ3n) is 7.60. The van der Waals surface area contributed by atoms with E-state index < -0.39 is 0 Å². The van der Waals surface area contributed by atoms with E-state index in [1.807, 2.05) is 11.0 Å².